The molecule has 1 heterocycles. The second kappa shape index (κ2) is 4.59. The first-order chi connectivity index (χ1) is 8.63. The molecule has 1 fully saturated rings. The first-order valence-electron chi connectivity index (χ1n) is 5.81. The topological polar surface area (TPSA) is 20.3 Å². The fourth-order valence-electron chi connectivity index (χ4n) is 2.31. The number of carbonyl (C=O) groups excluding carboxylic acids is 1. The van der Waals surface area contributed by atoms with Crippen LogP contribution in [-0.2, 0) is 4.79 Å². The van der Waals surface area contributed by atoms with Gasteiger partial charge >= 0.3 is 0 Å². The molecule has 1 atom stereocenters. The molecule has 1 aliphatic heterocycles. The van der Waals surface area contributed by atoms with Crippen molar-refractivity contribution in [2.24, 2.45) is 0 Å². The van der Waals surface area contributed by atoms with Gasteiger partial charge in [-0.1, -0.05) is 28.1 Å². The number of hydrogen-bond acceptors (Lipinski definition) is 2. The summed E-state index contributed by atoms with van der Waals surface area (Å²) in [5, 5.41) is 2.46. The molecule has 2 aromatic carbocycles. The molecule has 0 N–H and O–H groups in total. The quantitative estimate of drug-likeness (QED) is 0.795. The van der Waals surface area contributed by atoms with E-state index in [1.165, 1.54) is 5.39 Å². The van der Waals surface area contributed by atoms with Crippen molar-refractivity contribution < 1.29 is 4.79 Å². The summed E-state index contributed by atoms with van der Waals surface area (Å²) in [6, 6.07) is 12.3. The molecule has 0 bridgehead atoms. The van der Waals surface area contributed by atoms with E-state index in [1.54, 1.807) is 0 Å². The lowest BCUT2D eigenvalue weighted by molar-refractivity contribution is -0.117. The minimum atomic E-state index is 0.151. The highest BCUT2D eigenvalue weighted by molar-refractivity contribution is 9.10. The van der Waals surface area contributed by atoms with E-state index in [1.807, 2.05) is 17.0 Å². The monoisotopic (exact) mass is 321 g/mol. The van der Waals surface area contributed by atoms with Crippen LogP contribution in [0.15, 0.2) is 40.9 Å². The number of anilines is 1. The second-order valence-electron chi connectivity index (χ2n) is 4.54. The van der Waals surface area contributed by atoms with Crippen LogP contribution in [0.25, 0.3) is 10.8 Å². The Morgan fingerprint density at radius 2 is 1.89 bits per heavy atom. The Morgan fingerprint density at radius 1 is 1.17 bits per heavy atom. The van der Waals surface area contributed by atoms with Crippen molar-refractivity contribution in [2.45, 2.75) is 11.7 Å². The molecule has 3 rings (SSSR count). The van der Waals surface area contributed by atoms with E-state index in [2.05, 4.69) is 52.8 Å². The van der Waals surface area contributed by atoms with E-state index in [0.717, 1.165) is 15.5 Å². The minimum absolute atomic E-state index is 0.151. The third-order valence-corrected chi connectivity index (χ3v) is 4.04. The normalized spacial score (nSPS) is 19.8. The number of amides is 1. The summed E-state index contributed by atoms with van der Waals surface area (Å²) in [6.07, 6.45) is 0.529. The lowest BCUT2D eigenvalue weighted by Gasteiger charge is -2.16. The molecular weight excluding hydrogens is 310 g/mol. The van der Waals surface area contributed by atoms with Gasteiger partial charge in [-0.2, -0.15) is 12.6 Å². The lowest BCUT2D eigenvalue weighted by Crippen LogP contribution is -2.24. The molecule has 18 heavy (non-hydrogen) atoms. The number of hydrogen-bond donors (Lipinski definition) is 1. The van der Waals surface area contributed by atoms with E-state index in [0.29, 0.717) is 13.0 Å². The Bertz CT molecular complexity index is 628. The molecule has 92 valence electrons. The van der Waals surface area contributed by atoms with Crippen LogP contribution in [0.4, 0.5) is 5.69 Å². The van der Waals surface area contributed by atoms with Gasteiger partial charge in [0, 0.05) is 28.4 Å². The molecule has 0 radical (unpaired) electrons. The fraction of sp³-hybridized carbons (Fsp3) is 0.214. The lowest BCUT2D eigenvalue weighted by atomic mass is 10.1. The molecule has 2 aromatic rings. The molecule has 0 spiro atoms. The van der Waals surface area contributed by atoms with E-state index in [-0.39, 0.29) is 11.2 Å². The van der Waals surface area contributed by atoms with Gasteiger partial charge in [0.2, 0.25) is 5.91 Å². The predicted octanol–water partition coefficient (Wildman–Crippen LogP) is 3.64. The van der Waals surface area contributed by atoms with E-state index in [4.69, 9.17) is 0 Å². The van der Waals surface area contributed by atoms with Gasteiger partial charge in [-0.15, -0.1) is 0 Å². The molecule has 0 aliphatic carbocycles. The first-order valence-corrected chi connectivity index (χ1v) is 7.12. The van der Waals surface area contributed by atoms with Crippen molar-refractivity contribution in [1.82, 2.24) is 0 Å². The maximum absolute atomic E-state index is 11.8. The van der Waals surface area contributed by atoms with Gasteiger partial charge in [0.1, 0.15) is 0 Å². The van der Waals surface area contributed by atoms with Gasteiger partial charge in [0.15, 0.2) is 0 Å². The van der Waals surface area contributed by atoms with Crippen LogP contribution < -0.4 is 4.90 Å². The van der Waals surface area contributed by atoms with Gasteiger partial charge in [0.25, 0.3) is 0 Å². The van der Waals surface area contributed by atoms with Crippen LogP contribution in [0.3, 0.4) is 0 Å². The molecule has 1 amide bonds. The summed E-state index contributed by atoms with van der Waals surface area (Å²) in [4.78, 5) is 13.7. The second-order valence-corrected chi connectivity index (χ2v) is 6.18. The standard InChI is InChI=1S/C14H12BrNOS/c15-11-3-1-10-6-12(4-2-9(10)5-11)16-8-13(18)7-14(16)17/h1-6,13,18H,7-8H2. The Balaban J connectivity index is 2.03. The fourth-order valence-corrected chi connectivity index (χ4v) is 3.01. The Kier molecular flexibility index (Phi) is 3.08. The third-order valence-electron chi connectivity index (χ3n) is 3.20. The largest absolute Gasteiger partial charge is 0.311 e. The number of carbonyl (C=O) groups is 1. The zero-order valence-electron chi connectivity index (χ0n) is 9.64. The molecule has 0 aromatic heterocycles. The maximum atomic E-state index is 11.8. The van der Waals surface area contributed by atoms with Crippen molar-refractivity contribution in [3.05, 3.63) is 40.9 Å². The third kappa shape index (κ3) is 2.15. The highest BCUT2D eigenvalue weighted by Crippen LogP contribution is 2.28. The van der Waals surface area contributed by atoms with Crippen molar-refractivity contribution in [3.8, 4) is 0 Å². The minimum Gasteiger partial charge on any atom is -0.311 e. The number of halogens is 1. The zero-order chi connectivity index (χ0) is 12.7. The summed E-state index contributed by atoms with van der Waals surface area (Å²) in [6.45, 7) is 0.698. The van der Waals surface area contributed by atoms with Crippen molar-refractivity contribution >= 4 is 50.9 Å². The summed E-state index contributed by atoms with van der Waals surface area (Å²) in [5.41, 5.74) is 0.964. The highest BCUT2D eigenvalue weighted by Gasteiger charge is 2.28. The van der Waals surface area contributed by atoms with Crippen LogP contribution in [0.2, 0.25) is 0 Å². The number of benzene rings is 2. The average molecular weight is 322 g/mol. The van der Waals surface area contributed by atoms with Crippen molar-refractivity contribution in [1.29, 1.82) is 0 Å². The summed E-state index contributed by atoms with van der Waals surface area (Å²) >= 11 is 7.84. The Morgan fingerprint density at radius 3 is 2.61 bits per heavy atom. The van der Waals surface area contributed by atoms with Crippen LogP contribution >= 0.6 is 28.6 Å². The molecular formula is C14H12BrNOS. The molecule has 1 saturated heterocycles. The van der Waals surface area contributed by atoms with E-state index < -0.39 is 0 Å². The van der Waals surface area contributed by atoms with E-state index in [9.17, 15) is 4.79 Å². The van der Waals surface area contributed by atoms with Crippen molar-refractivity contribution in [2.75, 3.05) is 11.4 Å². The van der Waals surface area contributed by atoms with Gasteiger partial charge in [-0.05, 0) is 35.0 Å². The molecule has 2 nitrogen and oxygen atoms in total. The van der Waals surface area contributed by atoms with Crippen LogP contribution in [0, 0.1) is 0 Å². The van der Waals surface area contributed by atoms with Gasteiger partial charge in [0.05, 0.1) is 0 Å². The predicted molar refractivity (Wildman–Crippen MR) is 81.4 cm³/mol. The first kappa shape index (κ1) is 12.1. The van der Waals surface area contributed by atoms with Gasteiger partial charge in [-0.3, -0.25) is 4.79 Å². The van der Waals surface area contributed by atoms with Crippen molar-refractivity contribution in [3.63, 3.8) is 0 Å². The Hall–Kier alpha value is -1.00. The SMILES string of the molecule is O=C1CC(S)CN1c1ccc2cc(Br)ccc2c1. The van der Waals surface area contributed by atoms with Gasteiger partial charge in [-0.25, -0.2) is 0 Å². The highest BCUT2D eigenvalue weighted by atomic mass is 79.9. The molecule has 1 aliphatic rings. The Labute approximate surface area is 120 Å². The number of rotatable bonds is 1. The summed E-state index contributed by atoms with van der Waals surface area (Å²) < 4.78 is 1.07. The van der Waals surface area contributed by atoms with Crippen LogP contribution in [0.5, 0.6) is 0 Å². The number of thiol groups is 1. The smallest absolute Gasteiger partial charge is 0.228 e. The molecule has 1 unspecified atom stereocenters. The van der Waals surface area contributed by atoms with Gasteiger partial charge < -0.3 is 4.90 Å². The summed E-state index contributed by atoms with van der Waals surface area (Å²) in [5.74, 6) is 0.159. The maximum Gasteiger partial charge on any atom is 0.228 e. The number of nitrogens with zero attached hydrogens (tertiary/aromatic N) is 1. The van der Waals surface area contributed by atoms with E-state index >= 15 is 0 Å². The number of fused-ring (bicyclic) bond motifs is 1. The molecule has 4 heteroatoms. The zero-order valence-corrected chi connectivity index (χ0v) is 12.1. The summed E-state index contributed by atoms with van der Waals surface area (Å²) in [7, 11) is 0. The van der Waals surface area contributed by atoms with Crippen LogP contribution in [-0.4, -0.2) is 17.7 Å². The molecule has 0 saturated carbocycles. The van der Waals surface area contributed by atoms with Crippen LogP contribution in [0.1, 0.15) is 6.42 Å². The average Bonchev–Trinajstić information content (AvgIpc) is 2.68.